The summed E-state index contributed by atoms with van der Waals surface area (Å²) in [6, 6.07) is 11.4. The minimum atomic E-state index is -0.317. The molecule has 0 aliphatic carbocycles. The largest absolute Gasteiger partial charge is 0.463 e. The van der Waals surface area contributed by atoms with E-state index in [4.69, 9.17) is 20.4 Å². The highest BCUT2D eigenvalue weighted by atomic mass is 35.5. The summed E-state index contributed by atoms with van der Waals surface area (Å²) >= 11 is 6.00. The second-order valence-corrected chi connectivity index (χ2v) is 6.69. The molecular weight excluding hydrogens is 336 g/mol. The molecule has 2 aromatic heterocycles. The van der Waals surface area contributed by atoms with Crippen molar-refractivity contribution in [2.24, 2.45) is 0 Å². The van der Waals surface area contributed by atoms with Crippen molar-refractivity contribution < 1.29 is 8.83 Å². The Kier molecular flexibility index (Phi) is 3.89. The molecule has 0 bridgehead atoms. The van der Waals surface area contributed by atoms with Gasteiger partial charge in [0.2, 0.25) is 0 Å². The smallest absolute Gasteiger partial charge is 0.336 e. The lowest BCUT2D eigenvalue weighted by molar-refractivity contribution is 0.554. The van der Waals surface area contributed by atoms with Crippen LogP contribution in [0.1, 0.15) is 24.5 Å². The minimum Gasteiger partial charge on any atom is -0.463 e. The molecule has 4 rings (SSSR count). The van der Waals surface area contributed by atoms with Gasteiger partial charge < -0.3 is 8.83 Å². The number of hydrogen-bond donors (Lipinski definition) is 0. The molecule has 25 heavy (non-hydrogen) atoms. The molecule has 0 radical (unpaired) electrons. The van der Waals surface area contributed by atoms with Crippen molar-refractivity contribution in [3.05, 3.63) is 69.2 Å². The fourth-order valence-corrected chi connectivity index (χ4v) is 3.49. The van der Waals surface area contributed by atoms with Crippen molar-refractivity contribution in [2.75, 3.05) is 0 Å². The van der Waals surface area contributed by atoms with E-state index in [-0.39, 0.29) is 5.63 Å². The molecule has 0 spiro atoms. The summed E-state index contributed by atoms with van der Waals surface area (Å²) in [7, 11) is 0. The van der Waals surface area contributed by atoms with Gasteiger partial charge in [0, 0.05) is 33.0 Å². The van der Waals surface area contributed by atoms with Gasteiger partial charge in [0.1, 0.15) is 11.2 Å². The van der Waals surface area contributed by atoms with Gasteiger partial charge >= 0.3 is 5.63 Å². The minimum absolute atomic E-state index is 0.317. The van der Waals surface area contributed by atoms with Crippen molar-refractivity contribution in [1.29, 1.82) is 0 Å². The van der Waals surface area contributed by atoms with Gasteiger partial charge in [-0.15, -0.1) is 0 Å². The van der Waals surface area contributed by atoms with E-state index in [1.165, 1.54) is 0 Å². The molecule has 2 aromatic carbocycles. The molecule has 0 unspecified atom stereocenters. The van der Waals surface area contributed by atoms with E-state index >= 15 is 0 Å². The predicted octanol–water partition coefficient (Wildman–Crippen LogP) is 6.12. The molecule has 0 atom stereocenters. The SMILES string of the molecule is CCCc1cc(=O)oc2c(C)c3occ(-c4ccc(Cl)cc4)c3cc12. The highest BCUT2D eigenvalue weighted by molar-refractivity contribution is 6.30. The van der Waals surface area contributed by atoms with Gasteiger partial charge in [-0.2, -0.15) is 0 Å². The average molecular weight is 353 g/mol. The molecule has 2 heterocycles. The molecule has 126 valence electrons. The molecule has 3 nitrogen and oxygen atoms in total. The highest BCUT2D eigenvalue weighted by Crippen LogP contribution is 2.37. The third kappa shape index (κ3) is 2.65. The number of aryl methyl sites for hydroxylation is 2. The quantitative estimate of drug-likeness (QED) is 0.417. The molecule has 0 aliphatic rings. The number of rotatable bonds is 3. The summed E-state index contributed by atoms with van der Waals surface area (Å²) in [4.78, 5) is 11.9. The zero-order valence-electron chi connectivity index (χ0n) is 14.1. The van der Waals surface area contributed by atoms with E-state index < -0.39 is 0 Å². The van der Waals surface area contributed by atoms with Crippen molar-refractivity contribution in [3.63, 3.8) is 0 Å². The number of halogens is 1. The van der Waals surface area contributed by atoms with Crippen LogP contribution in [0.2, 0.25) is 5.02 Å². The molecule has 0 amide bonds. The second-order valence-electron chi connectivity index (χ2n) is 6.25. The summed E-state index contributed by atoms with van der Waals surface area (Å²) in [6.07, 6.45) is 3.55. The first-order valence-corrected chi connectivity index (χ1v) is 8.69. The summed E-state index contributed by atoms with van der Waals surface area (Å²) in [5.41, 5.74) is 4.95. The van der Waals surface area contributed by atoms with Gasteiger partial charge in [-0.3, -0.25) is 0 Å². The average Bonchev–Trinajstić information content (AvgIpc) is 3.01. The number of hydrogen-bond acceptors (Lipinski definition) is 3. The zero-order valence-corrected chi connectivity index (χ0v) is 14.8. The van der Waals surface area contributed by atoms with Gasteiger partial charge in [0.25, 0.3) is 0 Å². The molecule has 0 saturated carbocycles. The van der Waals surface area contributed by atoms with Crippen LogP contribution in [-0.2, 0) is 6.42 Å². The first kappa shape index (κ1) is 16.0. The molecule has 4 aromatic rings. The number of furan rings is 1. The molecule has 0 N–H and O–H groups in total. The zero-order chi connectivity index (χ0) is 17.6. The summed E-state index contributed by atoms with van der Waals surface area (Å²) in [5.74, 6) is 0. The fraction of sp³-hybridized carbons (Fsp3) is 0.190. The van der Waals surface area contributed by atoms with E-state index in [1.807, 2.05) is 31.2 Å². The van der Waals surface area contributed by atoms with Gasteiger partial charge in [-0.1, -0.05) is 37.1 Å². The molecular formula is C21H17ClO3. The maximum Gasteiger partial charge on any atom is 0.336 e. The summed E-state index contributed by atoms with van der Waals surface area (Å²) in [5, 5.41) is 2.69. The van der Waals surface area contributed by atoms with E-state index in [0.29, 0.717) is 10.6 Å². The van der Waals surface area contributed by atoms with E-state index in [1.54, 1.807) is 12.3 Å². The third-order valence-electron chi connectivity index (χ3n) is 4.56. The monoisotopic (exact) mass is 352 g/mol. The van der Waals surface area contributed by atoms with E-state index in [0.717, 1.165) is 51.5 Å². The number of fused-ring (bicyclic) bond motifs is 2. The second kappa shape index (κ2) is 6.08. The molecule has 0 saturated heterocycles. The van der Waals surface area contributed by atoms with Crippen LogP contribution in [0.3, 0.4) is 0 Å². The maximum atomic E-state index is 11.9. The Bertz CT molecular complexity index is 1130. The Hall–Kier alpha value is -2.52. The summed E-state index contributed by atoms with van der Waals surface area (Å²) in [6.45, 7) is 4.03. The first-order chi connectivity index (χ1) is 12.1. The Morgan fingerprint density at radius 2 is 1.80 bits per heavy atom. The van der Waals surface area contributed by atoms with Crippen molar-refractivity contribution in [2.45, 2.75) is 26.7 Å². The third-order valence-corrected chi connectivity index (χ3v) is 4.81. The van der Waals surface area contributed by atoms with Crippen molar-refractivity contribution in [3.8, 4) is 11.1 Å². The topological polar surface area (TPSA) is 43.4 Å². The molecule has 0 fully saturated rings. The lowest BCUT2D eigenvalue weighted by atomic mass is 9.98. The standard InChI is InChI=1S/C21H17ClO3/c1-3-4-14-9-19(23)25-21-12(2)20-17(10-16(14)21)18(11-24-20)13-5-7-15(22)8-6-13/h5-11H,3-4H2,1-2H3. The van der Waals surface area contributed by atoms with Gasteiger partial charge in [0.15, 0.2) is 0 Å². The lowest BCUT2D eigenvalue weighted by Gasteiger charge is -2.08. The van der Waals surface area contributed by atoms with Crippen molar-refractivity contribution in [1.82, 2.24) is 0 Å². The van der Waals surface area contributed by atoms with Gasteiger partial charge in [-0.25, -0.2) is 4.79 Å². The van der Waals surface area contributed by atoms with Crippen LogP contribution >= 0.6 is 11.6 Å². The Labute approximate surface area is 149 Å². The highest BCUT2D eigenvalue weighted by Gasteiger charge is 2.16. The van der Waals surface area contributed by atoms with Crippen LogP contribution in [-0.4, -0.2) is 0 Å². The normalized spacial score (nSPS) is 11.5. The van der Waals surface area contributed by atoms with Crippen LogP contribution in [0, 0.1) is 6.92 Å². The van der Waals surface area contributed by atoms with Crippen molar-refractivity contribution >= 4 is 33.5 Å². The van der Waals surface area contributed by atoms with Gasteiger partial charge in [-0.05, 0) is 42.7 Å². The van der Waals surface area contributed by atoms with Gasteiger partial charge in [0.05, 0.1) is 6.26 Å². The Morgan fingerprint density at radius 3 is 2.52 bits per heavy atom. The first-order valence-electron chi connectivity index (χ1n) is 8.32. The predicted molar refractivity (Wildman–Crippen MR) is 101 cm³/mol. The Morgan fingerprint density at radius 1 is 1.04 bits per heavy atom. The molecule has 4 heteroatoms. The van der Waals surface area contributed by atoms with Crippen LogP contribution in [0.25, 0.3) is 33.1 Å². The molecule has 0 aliphatic heterocycles. The van der Waals surface area contributed by atoms with Crippen LogP contribution in [0.5, 0.6) is 0 Å². The summed E-state index contributed by atoms with van der Waals surface area (Å²) < 4.78 is 11.3. The van der Waals surface area contributed by atoms with Crippen LogP contribution in [0.4, 0.5) is 0 Å². The Balaban J connectivity index is 2.06. The van der Waals surface area contributed by atoms with E-state index in [9.17, 15) is 4.79 Å². The van der Waals surface area contributed by atoms with Crippen LogP contribution < -0.4 is 5.63 Å². The maximum absolute atomic E-state index is 11.9. The lowest BCUT2D eigenvalue weighted by Crippen LogP contribution is -2.01. The van der Waals surface area contributed by atoms with Crippen LogP contribution in [0.15, 0.2) is 56.3 Å². The fourth-order valence-electron chi connectivity index (χ4n) is 3.37. The number of benzene rings is 2. The van der Waals surface area contributed by atoms with E-state index in [2.05, 4.69) is 13.0 Å².